The maximum Gasteiger partial charge on any atom is 0.394 e. The minimum absolute atomic E-state index is 0.0813. The topological polar surface area (TPSA) is 95.9 Å². The summed E-state index contributed by atoms with van der Waals surface area (Å²) in [5, 5.41) is 11.0. The van der Waals surface area contributed by atoms with Crippen molar-refractivity contribution >= 4 is 23.7 Å². The first-order valence-electron chi connectivity index (χ1n) is 7.28. The highest BCUT2D eigenvalue weighted by Crippen LogP contribution is 2.38. The summed E-state index contributed by atoms with van der Waals surface area (Å²) in [6, 6.07) is 1.84. The van der Waals surface area contributed by atoms with Gasteiger partial charge in [0.25, 0.3) is 0 Å². The molecule has 0 radical (unpaired) electrons. The molecular weight excluding hydrogens is 364 g/mol. The summed E-state index contributed by atoms with van der Waals surface area (Å²) < 4.78 is 57.1. The van der Waals surface area contributed by atoms with Gasteiger partial charge in [-0.15, -0.1) is 0 Å². The molecule has 2 N–H and O–H groups in total. The molecule has 1 aliphatic heterocycles. The number of nitrogens with zero attached hydrogens (tertiary/aromatic N) is 1. The number of nitrogens with one attached hydrogen (secondary N) is 1. The van der Waals surface area contributed by atoms with E-state index in [0.29, 0.717) is 4.90 Å². The Morgan fingerprint density at radius 3 is 2.42 bits per heavy atom. The normalized spacial score (nSPS) is 20.0. The Kier molecular flexibility index (Phi) is 5.38. The molecule has 0 aliphatic carbocycles. The molecule has 2 atom stereocenters. The van der Waals surface area contributed by atoms with Crippen molar-refractivity contribution in [1.29, 1.82) is 0 Å². The number of carbonyl (C=O) groups is 3. The smallest absolute Gasteiger partial charge is 0.394 e. The first-order valence-corrected chi connectivity index (χ1v) is 7.28. The number of ether oxygens (including phenoxy) is 1. The second-order valence-corrected chi connectivity index (χ2v) is 5.61. The van der Waals surface area contributed by atoms with E-state index in [4.69, 9.17) is 5.11 Å². The van der Waals surface area contributed by atoms with Crippen LogP contribution in [0.2, 0.25) is 0 Å². The van der Waals surface area contributed by atoms with Crippen LogP contribution in [0.1, 0.15) is 10.4 Å². The van der Waals surface area contributed by atoms with E-state index >= 15 is 0 Å². The minimum atomic E-state index is -4.80. The van der Waals surface area contributed by atoms with Crippen LogP contribution in [-0.4, -0.2) is 54.4 Å². The Morgan fingerprint density at radius 1 is 1.27 bits per heavy atom. The number of amides is 2. The van der Waals surface area contributed by atoms with E-state index in [2.05, 4.69) is 4.74 Å². The number of urea groups is 1. The fourth-order valence-electron chi connectivity index (χ4n) is 2.61. The number of esters is 1. The first-order chi connectivity index (χ1) is 12.0. The molecule has 2 rings (SSSR count). The Morgan fingerprint density at radius 2 is 1.92 bits per heavy atom. The lowest BCUT2D eigenvalue weighted by Gasteiger charge is -2.19. The van der Waals surface area contributed by atoms with Crippen molar-refractivity contribution in [2.24, 2.45) is 11.8 Å². The van der Waals surface area contributed by atoms with Gasteiger partial charge in [0.15, 0.2) is 0 Å². The van der Waals surface area contributed by atoms with Crippen LogP contribution in [0.15, 0.2) is 18.2 Å². The molecule has 2 amide bonds. The third-order valence-corrected chi connectivity index (χ3v) is 3.97. The van der Waals surface area contributed by atoms with Crippen LogP contribution in [0.5, 0.6) is 0 Å². The molecule has 0 bridgehead atoms. The maximum atomic E-state index is 13.8. The molecule has 142 valence electrons. The van der Waals surface area contributed by atoms with Crippen molar-refractivity contribution in [1.82, 2.24) is 4.90 Å². The van der Waals surface area contributed by atoms with E-state index in [1.54, 1.807) is 0 Å². The third kappa shape index (κ3) is 4.03. The average molecular weight is 378 g/mol. The maximum absolute atomic E-state index is 13.8. The molecule has 1 aromatic rings. The Bertz CT molecular complexity index is 737. The molecule has 1 aromatic carbocycles. The number of carbonyl (C=O) groups excluding carboxylic acids is 2. The van der Waals surface area contributed by atoms with Gasteiger partial charge in [0.05, 0.1) is 30.2 Å². The van der Waals surface area contributed by atoms with E-state index < -0.39 is 60.6 Å². The van der Waals surface area contributed by atoms with E-state index in [-0.39, 0.29) is 5.56 Å². The van der Waals surface area contributed by atoms with Crippen molar-refractivity contribution in [3.05, 3.63) is 29.6 Å². The first kappa shape index (κ1) is 19.5. The molecule has 11 heteroatoms. The van der Waals surface area contributed by atoms with Gasteiger partial charge in [-0.1, -0.05) is 0 Å². The van der Waals surface area contributed by atoms with Crippen molar-refractivity contribution in [2.45, 2.75) is 6.18 Å². The predicted molar refractivity (Wildman–Crippen MR) is 79.0 cm³/mol. The van der Waals surface area contributed by atoms with Gasteiger partial charge in [-0.05, 0) is 18.2 Å². The van der Waals surface area contributed by atoms with Gasteiger partial charge >= 0.3 is 24.1 Å². The van der Waals surface area contributed by atoms with Crippen LogP contribution >= 0.6 is 0 Å². The van der Waals surface area contributed by atoms with Crippen LogP contribution in [0.4, 0.5) is 28.0 Å². The van der Waals surface area contributed by atoms with Crippen LogP contribution in [-0.2, 0) is 9.53 Å². The molecule has 0 saturated carbocycles. The van der Waals surface area contributed by atoms with Crippen molar-refractivity contribution in [3.8, 4) is 0 Å². The number of rotatable bonds is 3. The monoisotopic (exact) mass is 378 g/mol. The SMILES string of the molecule is COC(=O)c1ccc(F)c(NC(=O)N2C[C@@H](C(F)(F)F)[C@H](C(=O)O)C2)c1. The highest BCUT2D eigenvalue weighted by molar-refractivity contribution is 5.94. The zero-order valence-corrected chi connectivity index (χ0v) is 13.3. The molecule has 1 heterocycles. The molecule has 1 saturated heterocycles. The van der Waals surface area contributed by atoms with Gasteiger partial charge in [0.2, 0.25) is 0 Å². The molecule has 0 aromatic heterocycles. The van der Waals surface area contributed by atoms with E-state index in [9.17, 15) is 31.9 Å². The van der Waals surface area contributed by atoms with Crippen LogP contribution in [0.3, 0.4) is 0 Å². The number of anilines is 1. The van der Waals surface area contributed by atoms with Gasteiger partial charge in [-0.25, -0.2) is 14.0 Å². The number of likely N-dealkylation sites (tertiary alicyclic amines) is 1. The zero-order chi connectivity index (χ0) is 19.6. The van der Waals surface area contributed by atoms with Crippen LogP contribution in [0, 0.1) is 17.7 Å². The summed E-state index contributed by atoms with van der Waals surface area (Å²) in [7, 11) is 1.09. The van der Waals surface area contributed by atoms with Crippen LogP contribution < -0.4 is 5.32 Å². The Hall–Kier alpha value is -2.85. The number of carboxylic acid groups (broad SMARTS) is 1. The van der Waals surface area contributed by atoms with Gasteiger partial charge in [-0.3, -0.25) is 4.79 Å². The second kappa shape index (κ2) is 7.18. The molecular formula is C15H14F4N2O5. The number of carboxylic acids is 1. The zero-order valence-electron chi connectivity index (χ0n) is 13.3. The average Bonchev–Trinajstić information content (AvgIpc) is 3.02. The lowest BCUT2D eigenvalue weighted by molar-refractivity contribution is -0.187. The summed E-state index contributed by atoms with van der Waals surface area (Å²) in [6.45, 7) is -1.55. The van der Waals surface area contributed by atoms with E-state index in [1.807, 2.05) is 5.32 Å². The molecule has 0 unspecified atom stereocenters. The largest absolute Gasteiger partial charge is 0.481 e. The summed E-state index contributed by atoms with van der Waals surface area (Å²) in [4.78, 5) is 35.2. The number of aliphatic carboxylic acids is 1. The van der Waals surface area contributed by atoms with Crippen molar-refractivity contribution in [2.75, 3.05) is 25.5 Å². The number of hydrogen-bond acceptors (Lipinski definition) is 4. The van der Waals surface area contributed by atoms with Crippen LogP contribution in [0.25, 0.3) is 0 Å². The lowest BCUT2D eigenvalue weighted by Crippen LogP contribution is -2.35. The number of hydrogen-bond donors (Lipinski definition) is 2. The van der Waals surface area contributed by atoms with Crippen molar-refractivity contribution in [3.63, 3.8) is 0 Å². The molecule has 26 heavy (non-hydrogen) atoms. The molecule has 1 aliphatic rings. The lowest BCUT2D eigenvalue weighted by atomic mass is 9.96. The highest BCUT2D eigenvalue weighted by atomic mass is 19.4. The summed E-state index contributed by atoms with van der Waals surface area (Å²) in [5.41, 5.74) is -0.526. The standard InChI is InChI=1S/C15H14F4N2O5/c1-26-13(24)7-2-3-10(16)11(4-7)20-14(25)21-5-8(12(22)23)9(6-21)15(17,18)19/h2-4,8-9H,5-6H2,1H3,(H,20,25)(H,22,23)/t8-,9-/m1/s1. The predicted octanol–water partition coefficient (Wildman–Crippen LogP) is 2.34. The summed E-state index contributed by atoms with van der Waals surface area (Å²) in [6.07, 6.45) is -4.80. The molecule has 0 spiro atoms. The Balaban J connectivity index is 2.18. The van der Waals surface area contributed by atoms with Gasteiger partial charge in [0, 0.05) is 13.1 Å². The Labute approximate surface area is 144 Å². The minimum Gasteiger partial charge on any atom is -0.481 e. The van der Waals surface area contributed by atoms with Gasteiger partial charge in [-0.2, -0.15) is 13.2 Å². The molecule has 7 nitrogen and oxygen atoms in total. The highest BCUT2D eigenvalue weighted by Gasteiger charge is 2.53. The fraction of sp³-hybridized carbons (Fsp3) is 0.400. The number of halogens is 4. The summed E-state index contributed by atoms with van der Waals surface area (Å²) in [5.74, 6) is -7.44. The number of alkyl halides is 3. The van der Waals surface area contributed by atoms with E-state index in [0.717, 1.165) is 25.3 Å². The fourth-order valence-corrected chi connectivity index (χ4v) is 2.61. The quantitative estimate of drug-likeness (QED) is 0.622. The number of methoxy groups -OCH3 is 1. The van der Waals surface area contributed by atoms with Gasteiger partial charge in [0.1, 0.15) is 5.82 Å². The third-order valence-electron chi connectivity index (χ3n) is 3.97. The second-order valence-electron chi connectivity index (χ2n) is 5.61. The molecule has 1 fully saturated rings. The summed E-state index contributed by atoms with van der Waals surface area (Å²) >= 11 is 0. The van der Waals surface area contributed by atoms with Gasteiger partial charge < -0.3 is 20.1 Å². The number of benzene rings is 1. The van der Waals surface area contributed by atoms with E-state index in [1.165, 1.54) is 0 Å². The van der Waals surface area contributed by atoms with Crippen molar-refractivity contribution < 1.29 is 41.8 Å².